The first kappa shape index (κ1) is 21.1. The van der Waals surface area contributed by atoms with E-state index in [-0.39, 0.29) is 5.91 Å². The predicted octanol–water partition coefficient (Wildman–Crippen LogP) is 2.65. The highest BCUT2D eigenvalue weighted by Gasteiger charge is 2.26. The molecule has 2 aliphatic rings. The first-order chi connectivity index (χ1) is 13.6. The number of rotatable bonds is 5. The Kier molecular flexibility index (Phi) is 7.73. The van der Waals surface area contributed by atoms with Gasteiger partial charge in [0.2, 0.25) is 5.91 Å². The summed E-state index contributed by atoms with van der Waals surface area (Å²) in [6, 6.07) is 4.76. The van der Waals surface area contributed by atoms with Crippen molar-refractivity contribution in [2.24, 2.45) is 10.9 Å². The summed E-state index contributed by atoms with van der Waals surface area (Å²) >= 11 is 1.84. The predicted molar refractivity (Wildman–Crippen MR) is 117 cm³/mol. The van der Waals surface area contributed by atoms with Gasteiger partial charge in [-0.3, -0.25) is 14.7 Å². The van der Waals surface area contributed by atoms with Crippen molar-refractivity contribution >= 4 is 23.2 Å². The van der Waals surface area contributed by atoms with E-state index in [0.717, 1.165) is 64.2 Å². The molecular formula is C21H35N5OS. The van der Waals surface area contributed by atoms with Gasteiger partial charge in [-0.15, -0.1) is 11.3 Å². The lowest BCUT2D eigenvalue weighted by Gasteiger charge is -2.37. The number of carbonyl (C=O) groups is 1. The highest BCUT2D eigenvalue weighted by molar-refractivity contribution is 7.10. The molecule has 2 fully saturated rings. The van der Waals surface area contributed by atoms with Crippen molar-refractivity contribution in [1.82, 2.24) is 20.0 Å². The number of guanidine groups is 1. The normalized spacial score (nSPS) is 21.0. The van der Waals surface area contributed by atoms with Gasteiger partial charge >= 0.3 is 0 Å². The van der Waals surface area contributed by atoms with Gasteiger partial charge in [0.05, 0.1) is 12.6 Å². The minimum Gasteiger partial charge on any atom is -0.357 e. The van der Waals surface area contributed by atoms with Crippen LogP contribution in [0.1, 0.15) is 44.5 Å². The van der Waals surface area contributed by atoms with Crippen molar-refractivity contribution in [3.05, 3.63) is 22.4 Å². The maximum absolute atomic E-state index is 11.6. The van der Waals surface area contributed by atoms with Crippen molar-refractivity contribution in [2.45, 2.75) is 39.7 Å². The van der Waals surface area contributed by atoms with Gasteiger partial charge in [0.15, 0.2) is 5.96 Å². The first-order valence-corrected chi connectivity index (χ1v) is 11.5. The number of amides is 1. The second kappa shape index (κ2) is 10.3. The van der Waals surface area contributed by atoms with E-state index in [4.69, 9.17) is 4.99 Å². The average molecular weight is 406 g/mol. The first-order valence-electron chi connectivity index (χ1n) is 10.6. The number of hydrogen-bond acceptors (Lipinski definition) is 4. The van der Waals surface area contributed by atoms with E-state index in [1.54, 1.807) is 6.92 Å². The number of thiophene rings is 1. The highest BCUT2D eigenvalue weighted by Crippen LogP contribution is 2.29. The fourth-order valence-corrected chi connectivity index (χ4v) is 4.89. The van der Waals surface area contributed by atoms with Crippen LogP contribution in [0.25, 0.3) is 0 Å². The molecule has 2 aliphatic heterocycles. The molecule has 3 heterocycles. The third kappa shape index (κ3) is 5.47. The lowest BCUT2D eigenvalue weighted by molar-refractivity contribution is -0.130. The lowest BCUT2D eigenvalue weighted by Crippen LogP contribution is -2.53. The van der Waals surface area contributed by atoms with Crippen LogP contribution >= 0.6 is 11.3 Å². The van der Waals surface area contributed by atoms with E-state index in [0.29, 0.717) is 6.04 Å². The van der Waals surface area contributed by atoms with E-state index >= 15 is 0 Å². The topological polar surface area (TPSA) is 51.2 Å². The molecule has 1 amide bonds. The number of nitrogens with zero attached hydrogens (tertiary/aromatic N) is 4. The van der Waals surface area contributed by atoms with E-state index < -0.39 is 0 Å². The molecule has 0 radical (unpaired) electrons. The van der Waals surface area contributed by atoms with Gasteiger partial charge in [0.25, 0.3) is 0 Å². The van der Waals surface area contributed by atoms with Crippen LogP contribution in [0.15, 0.2) is 22.5 Å². The smallest absolute Gasteiger partial charge is 0.219 e. The lowest BCUT2D eigenvalue weighted by atomic mass is 9.97. The Morgan fingerprint density at radius 2 is 1.89 bits per heavy atom. The second-order valence-electron chi connectivity index (χ2n) is 7.94. The number of hydrogen-bond donors (Lipinski definition) is 1. The van der Waals surface area contributed by atoms with E-state index in [2.05, 4.69) is 46.5 Å². The van der Waals surface area contributed by atoms with Crippen LogP contribution in [0, 0.1) is 5.92 Å². The Hall–Kier alpha value is -1.60. The number of nitrogens with one attached hydrogen (secondary N) is 1. The molecule has 0 aliphatic carbocycles. The van der Waals surface area contributed by atoms with Gasteiger partial charge in [0, 0.05) is 44.5 Å². The van der Waals surface area contributed by atoms with E-state index in [1.807, 2.05) is 16.2 Å². The number of carbonyl (C=O) groups excluding carboxylic acids is 1. The second-order valence-corrected chi connectivity index (χ2v) is 8.92. The Morgan fingerprint density at radius 1 is 1.21 bits per heavy atom. The molecule has 0 aromatic carbocycles. The monoisotopic (exact) mass is 405 g/mol. The molecule has 156 valence electrons. The zero-order valence-corrected chi connectivity index (χ0v) is 18.4. The van der Waals surface area contributed by atoms with E-state index in [9.17, 15) is 4.79 Å². The average Bonchev–Trinajstić information content (AvgIpc) is 3.23. The summed E-state index contributed by atoms with van der Waals surface area (Å²) in [6.45, 7) is 13.3. The third-order valence-corrected chi connectivity index (χ3v) is 6.88. The minimum absolute atomic E-state index is 0.165. The molecule has 0 spiro atoms. The number of piperidine rings is 1. The van der Waals surface area contributed by atoms with Crippen molar-refractivity contribution in [3.8, 4) is 0 Å². The molecule has 3 rings (SSSR count). The summed E-state index contributed by atoms with van der Waals surface area (Å²) in [4.78, 5) is 24.9. The Morgan fingerprint density at radius 3 is 2.46 bits per heavy atom. The van der Waals surface area contributed by atoms with Crippen LogP contribution in [-0.4, -0.2) is 78.9 Å². The van der Waals surface area contributed by atoms with Gasteiger partial charge in [-0.25, -0.2) is 0 Å². The summed E-state index contributed by atoms with van der Waals surface area (Å²) in [5.74, 6) is 1.98. The molecule has 7 heteroatoms. The van der Waals surface area contributed by atoms with Crippen molar-refractivity contribution in [3.63, 3.8) is 0 Å². The highest BCUT2D eigenvalue weighted by atomic mass is 32.1. The fraction of sp³-hybridized carbons (Fsp3) is 0.714. The molecule has 1 aromatic rings. The van der Waals surface area contributed by atoms with Crippen LogP contribution in [0.5, 0.6) is 0 Å². The molecule has 6 nitrogen and oxygen atoms in total. The number of likely N-dealkylation sites (tertiary alicyclic amines) is 1. The van der Waals surface area contributed by atoms with Gasteiger partial charge in [-0.1, -0.05) is 13.0 Å². The zero-order chi connectivity index (χ0) is 19.9. The van der Waals surface area contributed by atoms with Crippen LogP contribution < -0.4 is 5.32 Å². The molecule has 0 saturated carbocycles. The Labute approximate surface area is 173 Å². The Balaban J connectivity index is 1.69. The number of piperazine rings is 1. The zero-order valence-electron chi connectivity index (χ0n) is 17.6. The molecule has 1 N–H and O–H groups in total. The largest absolute Gasteiger partial charge is 0.357 e. The summed E-state index contributed by atoms with van der Waals surface area (Å²) in [5.41, 5.74) is 0. The Bertz CT molecular complexity index is 631. The van der Waals surface area contributed by atoms with Crippen LogP contribution in [-0.2, 0) is 4.79 Å². The molecule has 1 unspecified atom stereocenters. The van der Waals surface area contributed by atoms with Gasteiger partial charge < -0.3 is 15.1 Å². The van der Waals surface area contributed by atoms with Crippen molar-refractivity contribution < 1.29 is 4.79 Å². The third-order valence-electron chi connectivity index (χ3n) is 5.90. The number of aliphatic imine (C=N–C) groups is 1. The maximum atomic E-state index is 11.6. The molecule has 28 heavy (non-hydrogen) atoms. The van der Waals surface area contributed by atoms with Crippen LogP contribution in [0.4, 0.5) is 0 Å². The fourth-order valence-electron chi connectivity index (χ4n) is 4.04. The van der Waals surface area contributed by atoms with Gasteiger partial charge in [-0.2, -0.15) is 0 Å². The molecular weight excluding hydrogens is 370 g/mol. The molecule has 0 bridgehead atoms. The van der Waals surface area contributed by atoms with Gasteiger partial charge in [-0.05, 0) is 50.2 Å². The molecule has 2 saturated heterocycles. The summed E-state index contributed by atoms with van der Waals surface area (Å²) in [5, 5.41) is 5.64. The SMILES string of the molecule is CCNC(=NCC(c1cccs1)N1CCC(C)CC1)N1CCN(C(C)=O)CC1. The van der Waals surface area contributed by atoms with Gasteiger partial charge in [0.1, 0.15) is 0 Å². The molecule has 1 atom stereocenters. The van der Waals surface area contributed by atoms with Crippen LogP contribution in [0.2, 0.25) is 0 Å². The maximum Gasteiger partial charge on any atom is 0.219 e. The minimum atomic E-state index is 0.165. The van der Waals surface area contributed by atoms with Crippen molar-refractivity contribution in [2.75, 3.05) is 52.4 Å². The van der Waals surface area contributed by atoms with E-state index in [1.165, 1.54) is 17.7 Å². The quantitative estimate of drug-likeness (QED) is 0.604. The molecule has 1 aromatic heterocycles. The summed E-state index contributed by atoms with van der Waals surface area (Å²) < 4.78 is 0. The standard InChI is InChI=1S/C21H35N5OS/c1-4-22-21(26-13-11-24(12-14-26)18(3)27)23-16-19(20-6-5-15-28-20)25-9-7-17(2)8-10-25/h5-6,15,17,19H,4,7-14,16H2,1-3H3,(H,22,23). The summed E-state index contributed by atoms with van der Waals surface area (Å²) in [6.07, 6.45) is 2.55. The van der Waals surface area contributed by atoms with Crippen LogP contribution in [0.3, 0.4) is 0 Å². The summed E-state index contributed by atoms with van der Waals surface area (Å²) in [7, 11) is 0. The van der Waals surface area contributed by atoms with Crippen molar-refractivity contribution in [1.29, 1.82) is 0 Å².